The number of pyridine rings is 1. The lowest BCUT2D eigenvalue weighted by molar-refractivity contribution is -0.292. The Kier molecular flexibility index (Phi) is 13.8. The number of aliphatic hydroxyl groups is 1. The lowest BCUT2D eigenvalue weighted by atomic mass is 9.73. The third-order valence-electron chi connectivity index (χ3n) is 12.1. The summed E-state index contributed by atoms with van der Waals surface area (Å²) in [6.45, 7) is 12.8. The number of fused-ring (bicyclic) bond motifs is 4. The Balaban J connectivity index is 1.69. The van der Waals surface area contributed by atoms with Crippen molar-refractivity contribution >= 4 is 47.0 Å². The molecule has 5 heterocycles. The normalized spacial score (nSPS) is 39.2. The van der Waals surface area contributed by atoms with Gasteiger partial charge in [-0.05, 0) is 67.1 Å². The number of ketones is 2. The van der Waals surface area contributed by atoms with Crippen LogP contribution in [0, 0.1) is 23.7 Å². The fourth-order valence-corrected chi connectivity index (χ4v) is 9.21. The van der Waals surface area contributed by atoms with Gasteiger partial charge in [-0.2, -0.15) is 0 Å². The van der Waals surface area contributed by atoms with Crippen LogP contribution >= 0.6 is 11.6 Å². The molecule has 17 heteroatoms. The minimum Gasteiger partial charge on any atom is -0.458 e. The highest BCUT2D eigenvalue weighted by molar-refractivity contribution is 6.31. The summed E-state index contributed by atoms with van der Waals surface area (Å²) in [4.78, 5) is 83.3. The van der Waals surface area contributed by atoms with Gasteiger partial charge in [0.05, 0.1) is 37.5 Å². The van der Waals surface area contributed by atoms with E-state index in [2.05, 4.69) is 10.3 Å². The molecule has 13 atom stereocenters. The Bertz CT molecular complexity index is 1730. The molecule has 2 N–H and O–H groups in total. The van der Waals surface area contributed by atoms with E-state index in [-0.39, 0.29) is 50.4 Å². The van der Waals surface area contributed by atoms with Crippen LogP contribution in [0.3, 0.4) is 0 Å². The van der Waals surface area contributed by atoms with Crippen LogP contribution in [-0.2, 0) is 44.6 Å². The van der Waals surface area contributed by atoms with Gasteiger partial charge in [0, 0.05) is 46.8 Å². The molecule has 5 rings (SSSR count). The third-order valence-corrected chi connectivity index (χ3v) is 12.5. The quantitative estimate of drug-likeness (QED) is 0.238. The summed E-state index contributed by atoms with van der Waals surface area (Å²) in [6.07, 6.45) is -3.30. The number of halogens is 1. The topological polar surface area (TPSA) is 195 Å². The van der Waals surface area contributed by atoms with Gasteiger partial charge < -0.3 is 39.0 Å². The van der Waals surface area contributed by atoms with E-state index < -0.39 is 89.5 Å². The number of aliphatic imine (C=N–C) groups is 1. The molecule has 4 fully saturated rings. The number of carbonyl (C=O) groups is 5. The van der Waals surface area contributed by atoms with Crippen LogP contribution < -0.4 is 5.32 Å². The molecule has 0 aromatic carbocycles. The second kappa shape index (κ2) is 17.7. The van der Waals surface area contributed by atoms with Gasteiger partial charge in [-0.3, -0.25) is 29.3 Å². The number of hydrogen-bond acceptors (Lipinski definition) is 14. The maximum absolute atomic E-state index is 14.8. The highest BCUT2D eigenvalue weighted by atomic mass is 35.5. The van der Waals surface area contributed by atoms with E-state index >= 15 is 0 Å². The van der Waals surface area contributed by atoms with E-state index in [0.717, 1.165) is 0 Å². The van der Waals surface area contributed by atoms with Crippen molar-refractivity contribution in [1.82, 2.24) is 20.1 Å². The van der Waals surface area contributed by atoms with Crippen LogP contribution in [0.4, 0.5) is 9.59 Å². The van der Waals surface area contributed by atoms with Gasteiger partial charge in [-0.1, -0.05) is 39.3 Å². The second-order valence-electron chi connectivity index (χ2n) is 16.7. The number of cyclic esters (lactones) is 1. The Morgan fingerprint density at radius 2 is 1.77 bits per heavy atom. The van der Waals surface area contributed by atoms with E-state index in [1.54, 1.807) is 60.0 Å². The number of alkyl carbamates (subject to hydrolysis) is 1. The maximum Gasteiger partial charge on any atom is 0.411 e. The first-order valence-corrected chi connectivity index (χ1v) is 20.1. The van der Waals surface area contributed by atoms with Crippen molar-refractivity contribution < 1.29 is 52.8 Å². The number of hydrogen-bond donors (Lipinski definition) is 2. The number of Topliss-reactive ketones (excluding diaryl/α,β-unsaturated/α-hetero) is 2. The number of aliphatic hydroxyl groups excluding tert-OH is 1. The Labute approximate surface area is 339 Å². The maximum atomic E-state index is 14.8. The first kappa shape index (κ1) is 44.4. The van der Waals surface area contributed by atoms with Crippen LogP contribution in [0.2, 0.25) is 5.02 Å². The summed E-state index contributed by atoms with van der Waals surface area (Å²) in [5.74, 6) is -6.02. The number of ether oxygens (including phenoxy) is 5. The Morgan fingerprint density at radius 1 is 1.07 bits per heavy atom. The molecule has 4 aliphatic rings. The molecule has 1 aromatic heterocycles. The van der Waals surface area contributed by atoms with Crippen molar-refractivity contribution in [1.29, 1.82) is 0 Å². The van der Waals surface area contributed by atoms with Crippen LogP contribution in [0.25, 0.3) is 0 Å². The molecule has 0 unspecified atom stereocenters. The van der Waals surface area contributed by atoms with Crippen molar-refractivity contribution in [2.24, 2.45) is 28.7 Å². The Hall–Kier alpha value is -3.70. The van der Waals surface area contributed by atoms with E-state index in [4.69, 9.17) is 40.3 Å². The predicted molar refractivity (Wildman–Crippen MR) is 207 cm³/mol. The second-order valence-corrected chi connectivity index (χ2v) is 17.1. The van der Waals surface area contributed by atoms with Crippen LogP contribution in [0.5, 0.6) is 0 Å². The van der Waals surface area contributed by atoms with Gasteiger partial charge in [0.1, 0.15) is 35.6 Å². The van der Waals surface area contributed by atoms with Crippen molar-refractivity contribution in [2.45, 2.75) is 135 Å². The molecule has 4 saturated heterocycles. The Morgan fingerprint density at radius 3 is 2.42 bits per heavy atom. The van der Waals surface area contributed by atoms with Gasteiger partial charge in [-0.15, -0.1) is 0 Å². The smallest absolute Gasteiger partial charge is 0.411 e. The summed E-state index contributed by atoms with van der Waals surface area (Å²) >= 11 is 6.42. The molecular weight excluding hydrogens is 762 g/mol. The number of carbonyl (C=O) groups excluding carboxylic acids is 5. The van der Waals surface area contributed by atoms with Crippen LogP contribution in [-0.4, -0.2) is 137 Å². The van der Waals surface area contributed by atoms with E-state index in [9.17, 15) is 29.1 Å². The van der Waals surface area contributed by atoms with Gasteiger partial charge >= 0.3 is 18.2 Å². The van der Waals surface area contributed by atoms with Gasteiger partial charge in [0.2, 0.25) is 0 Å². The van der Waals surface area contributed by atoms with E-state index in [1.807, 2.05) is 25.9 Å². The lowest BCUT2D eigenvalue weighted by Crippen LogP contribution is -2.60. The van der Waals surface area contributed by atoms with Crippen molar-refractivity contribution in [2.75, 3.05) is 27.2 Å². The molecular formula is C40H58ClN5O11. The number of nitrogens with zero attached hydrogens (tertiary/aromatic N) is 4. The number of nitrogens with one attached hydrogen (secondary N) is 1. The molecule has 0 radical (unpaired) electrons. The van der Waals surface area contributed by atoms with Crippen molar-refractivity contribution in [3.05, 3.63) is 29.0 Å². The monoisotopic (exact) mass is 819 g/mol. The first-order chi connectivity index (χ1) is 26.7. The number of rotatable bonds is 6. The molecule has 2 amide bonds. The summed E-state index contributed by atoms with van der Waals surface area (Å²) in [5.41, 5.74) is -2.39. The number of amides is 2. The van der Waals surface area contributed by atoms with Crippen LogP contribution in [0.15, 0.2) is 23.5 Å². The first-order valence-electron chi connectivity index (χ1n) is 19.7. The number of aromatic nitrogens is 1. The van der Waals surface area contributed by atoms with Gasteiger partial charge in [0.25, 0.3) is 0 Å². The standard InChI is InChI=1S/C40H58ClN5O11/c1-11-29-40(8)33-22(4)30(47)20(2)15-39(7,56-37(51)44-18-26(19-46(33)38(52)57-40)43-17-25-16-42-13-12-27(25)41)34(23(5)31(48)24(6)35(50)54-29)55-36-32(49)28(45(9)10)14-21(3)53-36/h12-13,16,20-24,28-29,32-34,36,49H,11,14-15,17-19H2,1-10H3,(H,44,51)/t20-,21-,22+,23+,24-,28+,29-,32-,33+,34-,36+,39-,40-/m1/s1. The molecule has 1 aromatic rings. The number of esters is 1. The molecule has 316 valence electrons. The largest absolute Gasteiger partial charge is 0.458 e. The zero-order valence-corrected chi connectivity index (χ0v) is 35.3. The molecule has 4 aliphatic heterocycles. The summed E-state index contributed by atoms with van der Waals surface area (Å²) in [7, 11) is 3.65. The molecule has 2 bridgehead atoms. The third kappa shape index (κ3) is 9.14. The number of likely N-dealkylation sites (N-methyl/N-ethyl adjacent to an activating group) is 1. The van der Waals surface area contributed by atoms with E-state index in [1.165, 1.54) is 11.8 Å². The summed E-state index contributed by atoms with van der Waals surface area (Å²) < 4.78 is 31.2. The van der Waals surface area contributed by atoms with Crippen LogP contribution in [0.1, 0.15) is 80.2 Å². The highest BCUT2D eigenvalue weighted by Crippen LogP contribution is 2.43. The fraction of sp³-hybridized carbons (Fsp3) is 0.725. The van der Waals surface area contributed by atoms with Crippen molar-refractivity contribution in [3.63, 3.8) is 0 Å². The molecule has 57 heavy (non-hydrogen) atoms. The molecule has 0 spiro atoms. The zero-order chi connectivity index (χ0) is 42.1. The average Bonchev–Trinajstić information content (AvgIpc) is 3.41. The SMILES string of the molecule is CC[C@H]1OC(=O)[C@H](C)C(=O)[C@H](C)[C@@H](O[C@@H]2O[C@H](C)C[C@H](N(C)C)[C@H]2O)[C@@]2(C)C[C@@H](C)C(=O)[C@H](C)[C@@H]3N(CC(=NCc4cnccc4Cl)CNC(=O)O2)C(=O)O[C@@]31C. The lowest BCUT2D eigenvalue weighted by Gasteiger charge is -2.47. The van der Waals surface area contributed by atoms with Gasteiger partial charge in [0.15, 0.2) is 17.7 Å². The fourth-order valence-electron chi connectivity index (χ4n) is 9.05. The molecule has 16 nitrogen and oxygen atoms in total. The van der Waals surface area contributed by atoms with Gasteiger partial charge in [-0.25, -0.2) is 9.59 Å². The minimum atomic E-state index is -1.75. The summed E-state index contributed by atoms with van der Waals surface area (Å²) in [5, 5.41) is 14.7. The zero-order valence-electron chi connectivity index (χ0n) is 34.5. The predicted octanol–water partition coefficient (Wildman–Crippen LogP) is 3.97. The minimum absolute atomic E-state index is 0.0471. The molecule has 0 aliphatic carbocycles. The van der Waals surface area contributed by atoms with Crippen molar-refractivity contribution in [3.8, 4) is 0 Å². The van der Waals surface area contributed by atoms with E-state index in [0.29, 0.717) is 22.7 Å². The molecule has 0 saturated carbocycles. The summed E-state index contributed by atoms with van der Waals surface area (Å²) in [6, 6.07) is 0.257. The average molecular weight is 820 g/mol. The highest BCUT2D eigenvalue weighted by Gasteiger charge is 2.61.